The number of rotatable bonds is 4. The molecule has 1 aromatic rings. The van der Waals surface area contributed by atoms with Crippen molar-refractivity contribution in [3.8, 4) is 0 Å². The van der Waals surface area contributed by atoms with Crippen LogP contribution < -0.4 is 10.2 Å². The summed E-state index contributed by atoms with van der Waals surface area (Å²) in [6.07, 6.45) is -0.0937. The van der Waals surface area contributed by atoms with Crippen LogP contribution in [0, 0.1) is 0 Å². The largest absolute Gasteiger partial charge is 0.416 e. The predicted octanol–water partition coefficient (Wildman–Crippen LogP) is 3.07. The van der Waals surface area contributed by atoms with Crippen molar-refractivity contribution >= 4 is 5.82 Å². The normalized spacial score (nSPS) is 17.5. The molecule has 6 heteroatoms. The molecule has 0 amide bonds. The predicted molar refractivity (Wildman–Crippen MR) is 72.8 cm³/mol. The van der Waals surface area contributed by atoms with Gasteiger partial charge in [-0.3, -0.25) is 0 Å². The minimum atomic E-state index is -4.31. The summed E-state index contributed by atoms with van der Waals surface area (Å²) in [4.78, 5) is 6.00. The Labute approximate surface area is 117 Å². The Morgan fingerprint density at radius 3 is 2.65 bits per heavy atom. The molecule has 1 fully saturated rings. The van der Waals surface area contributed by atoms with Crippen LogP contribution in [0.1, 0.15) is 31.7 Å². The van der Waals surface area contributed by atoms with Crippen molar-refractivity contribution in [1.29, 1.82) is 0 Å². The molecule has 2 heterocycles. The van der Waals surface area contributed by atoms with E-state index < -0.39 is 11.7 Å². The summed E-state index contributed by atoms with van der Waals surface area (Å²) in [7, 11) is 0. The van der Waals surface area contributed by atoms with E-state index in [1.807, 2.05) is 4.90 Å². The topological polar surface area (TPSA) is 28.2 Å². The van der Waals surface area contributed by atoms with Gasteiger partial charge < -0.3 is 10.2 Å². The summed E-state index contributed by atoms with van der Waals surface area (Å²) in [5.41, 5.74) is -0.631. The quantitative estimate of drug-likeness (QED) is 0.922. The van der Waals surface area contributed by atoms with Crippen molar-refractivity contribution in [1.82, 2.24) is 10.3 Å². The highest BCUT2D eigenvalue weighted by Crippen LogP contribution is 2.31. The van der Waals surface area contributed by atoms with Crippen LogP contribution in [0.15, 0.2) is 18.3 Å². The van der Waals surface area contributed by atoms with Gasteiger partial charge >= 0.3 is 6.18 Å². The van der Waals surface area contributed by atoms with Crippen molar-refractivity contribution in [2.24, 2.45) is 0 Å². The first-order valence-electron chi connectivity index (χ1n) is 7.02. The summed E-state index contributed by atoms with van der Waals surface area (Å²) in [6.45, 7) is 4.60. The molecule has 0 aliphatic carbocycles. The maximum absolute atomic E-state index is 12.7. The van der Waals surface area contributed by atoms with Crippen LogP contribution in [-0.4, -0.2) is 30.7 Å². The van der Waals surface area contributed by atoms with Crippen molar-refractivity contribution < 1.29 is 13.2 Å². The summed E-state index contributed by atoms with van der Waals surface area (Å²) in [6, 6.07) is 2.62. The molecule has 0 unspecified atom stereocenters. The lowest BCUT2D eigenvalue weighted by Gasteiger charge is -2.33. The zero-order valence-corrected chi connectivity index (χ0v) is 11.6. The molecule has 1 saturated heterocycles. The Balaban J connectivity index is 1.97. The van der Waals surface area contributed by atoms with Crippen molar-refractivity contribution in [2.45, 2.75) is 38.4 Å². The van der Waals surface area contributed by atoms with Crippen molar-refractivity contribution in [2.75, 3.05) is 24.5 Å². The lowest BCUT2D eigenvalue weighted by molar-refractivity contribution is -0.137. The van der Waals surface area contributed by atoms with Gasteiger partial charge in [0, 0.05) is 25.3 Å². The van der Waals surface area contributed by atoms with E-state index in [2.05, 4.69) is 17.2 Å². The second kappa shape index (κ2) is 6.43. The highest BCUT2D eigenvalue weighted by Gasteiger charge is 2.31. The number of nitrogens with zero attached hydrogens (tertiary/aromatic N) is 2. The van der Waals surface area contributed by atoms with Crippen LogP contribution in [0.3, 0.4) is 0 Å². The van der Waals surface area contributed by atoms with Crippen LogP contribution in [0.4, 0.5) is 19.0 Å². The average molecular weight is 287 g/mol. The van der Waals surface area contributed by atoms with Gasteiger partial charge in [-0.05, 0) is 37.9 Å². The highest BCUT2D eigenvalue weighted by molar-refractivity contribution is 5.42. The first-order valence-corrected chi connectivity index (χ1v) is 7.02. The van der Waals surface area contributed by atoms with E-state index in [0.29, 0.717) is 11.9 Å². The van der Waals surface area contributed by atoms with E-state index in [1.165, 1.54) is 6.20 Å². The van der Waals surface area contributed by atoms with Gasteiger partial charge in [-0.1, -0.05) is 6.92 Å². The zero-order chi connectivity index (χ0) is 14.6. The number of aromatic nitrogens is 1. The number of nitrogens with one attached hydrogen (secondary N) is 1. The molecule has 112 valence electrons. The number of halogens is 3. The number of hydrogen-bond acceptors (Lipinski definition) is 3. The number of piperidine rings is 1. The zero-order valence-electron chi connectivity index (χ0n) is 11.6. The van der Waals surface area contributed by atoms with Crippen LogP contribution in [0.25, 0.3) is 0 Å². The Morgan fingerprint density at radius 2 is 2.05 bits per heavy atom. The van der Waals surface area contributed by atoms with Gasteiger partial charge in [0.1, 0.15) is 5.82 Å². The number of alkyl halides is 3. The molecule has 1 aromatic heterocycles. The fraction of sp³-hybridized carbons (Fsp3) is 0.643. The van der Waals surface area contributed by atoms with Crippen LogP contribution in [-0.2, 0) is 6.18 Å². The van der Waals surface area contributed by atoms with Crippen LogP contribution in [0.2, 0.25) is 0 Å². The second-order valence-electron chi connectivity index (χ2n) is 5.12. The van der Waals surface area contributed by atoms with E-state index in [-0.39, 0.29) is 0 Å². The van der Waals surface area contributed by atoms with Crippen molar-refractivity contribution in [3.05, 3.63) is 23.9 Å². The molecule has 0 radical (unpaired) electrons. The molecule has 0 aromatic carbocycles. The molecule has 0 spiro atoms. The third kappa shape index (κ3) is 3.85. The third-order valence-electron chi connectivity index (χ3n) is 3.57. The minimum absolute atomic E-state index is 0.425. The summed E-state index contributed by atoms with van der Waals surface area (Å²) in [5, 5.41) is 3.45. The van der Waals surface area contributed by atoms with E-state index in [9.17, 15) is 13.2 Å². The lowest BCUT2D eigenvalue weighted by Crippen LogP contribution is -2.43. The first-order chi connectivity index (χ1) is 9.50. The molecule has 1 aliphatic rings. The van der Waals surface area contributed by atoms with Gasteiger partial charge in [0.05, 0.1) is 5.56 Å². The molecule has 0 saturated carbocycles. The van der Waals surface area contributed by atoms with E-state index in [1.54, 1.807) is 0 Å². The monoisotopic (exact) mass is 287 g/mol. The van der Waals surface area contributed by atoms with Gasteiger partial charge in [-0.2, -0.15) is 13.2 Å². The second-order valence-corrected chi connectivity index (χ2v) is 5.12. The molecular weight excluding hydrogens is 267 g/mol. The molecule has 0 bridgehead atoms. The molecular formula is C14H20F3N3. The van der Waals surface area contributed by atoms with Crippen LogP contribution in [0.5, 0.6) is 0 Å². The smallest absolute Gasteiger partial charge is 0.356 e. The first kappa shape index (κ1) is 15.1. The van der Waals surface area contributed by atoms with Gasteiger partial charge in [-0.15, -0.1) is 0 Å². The van der Waals surface area contributed by atoms with E-state index in [0.717, 1.165) is 51.0 Å². The number of pyridine rings is 1. The average Bonchev–Trinajstić information content (AvgIpc) is 2.45. The Kier molecular flexibility index (Phi) is 4.86. The summed E-state index contributed by atoms with van der Waals surface area (Å²) >= 11 is 0. The molecule has 2 rings (SSSR count). The fourth-order valence-electron chi connectivity index (χ4n) is 2.43. The Hall–Kier alpha value is -1.30. The summed E-state index contributed by atoms with van der Waals surface area (Å²) < 4.78 is 38.0. The third-order valence-corrected chi connectivity index (χ3v) is 3.57. The minimum Gasteiger partial charge on any atom is -0.356 e. The number of anilines is 1. The molecule has 1 aliphatic heterocycles. The van der Waals surface area contributed by atoms with Gasteiger partial charge in [0.25, 0.3) is 0 Å². The fourth-order valence-corrected chi connectivity index (χ4v) is 2.43. The molecule has 3 nitrogen and oxygen atoms in total. The van der Waals surface area contributed by atoms with E-state index in [4.69, 9.17) is 0 Å². The van der Waals surface area contributed by atoms with Crippen LogP contribution >= 0.6 is 0 Å². The molecule has 1 N–H and O–H groups in total. The van der Waals surface area contributed by atoms with Gasteiger partial charge in [-0.25, -0.2) is 4.98 Å². The maximum atomic E-state index is 12.7. The Bertz CT molecular complexity index is 426. The van der Waals surface area contributed by atoms with Gasteiger partial charge in [0.15, 0.2) is 0 Å². The highest BCUT2D eigenvalue weighted by atomic mass is 19.4. The lowest BCUT2D eigenvalue weighted by atomic mass is 10.0. The summed E-state index contributed by atoms with van der Waals surface area (Å²) in [5.74, 6) is 0.425. The van der Waals surface area contributed by atoms with Gasteiger partial charge in [0.2, 0.25) is 0 Å². The Morgan fingerprint density at radius 1 is 1.35 bits per heavy atom. The van der Waals surface area contributed by atoms with Crippen molar-refractivity contribution in [3.63, 3.8) is 0 Å². The number of hydrogen-bond donors (Lipinski definition) is 1. The van der Waals surface area contributed by atoms with E-state index >= 15 is 0 Å². The SMILES string of the molecule is CCCNC1CCN(c2cc(C(F)(F)F)ccn2)CC1. The maximum Gasteiger partial charge on any atom is 0.416 e. The standard InChI is InChI=1S/C14H20F3N3/c1-2-6-18-12-4-8-20(9-5-12)13-10-11(3-7-19-13)14(15,16)17/h3,7,10,12,18H,2,4-6,8-9H2,1H3. The molecule has 20 heavy (non-hydrogen) atoms. The molecule has 0 atom stereocenters.